The molecule has 0 spiro atoms. The van der Waals surface area contributed by atoms with Crippen molar-refractivity contribution in [3.05, 3.63) is 20.8 Å². The lowest BCUT2D eigenvalue weighted by Gasteiger charge is -2.15. The summed E-state index contributed by atoms with van der Waals surface area (Å²) in [6, 6.07) is 2.98. The van der Waals surface area contributed by atoms with Crippen molar-refractivity contribution in [2.24, 2.45) is 0 Å². The average molecular weight is 289 g/mol. The first-order valence-electron chi connectivity index (χ1n) is 5.40. The normalized spacial score (nSPS) is 16.2. The number of nitrogens with zero attached hydrogens (tertiary/aromatic N) is 1. The molecule has 0 amide bonds. The first-order valence-corrected chi connectivity index (χ1v) is 7.07. The van der Waals surface area contributed by atoms with Gasteiger partial charge in [-0.2, -0.15) is 0 Å². The van der Waals surface area contributed by atoms with Gasteiger partial charge in [-0.3, -0.25) is 0 Å². The van der Waals surface area contributed by atoms with E-state index in [1.165, 1.54) is 22.2 Å². The van der Waals surface area contributed by atoms with Gasteiger partial charge in [-0.15, -0.1) is 11.3 Å². The molecule has 1 aliphatic rings. The van der Waals surface area contributed by atoms with Gasteiger partial charge in [0.05, 0.1) is 0 Å². The van der Waals surface area contributed by atoms with Crippen LogP contribution >= 0.6 is 27.3 Å². The lowest BCUT2D eigenvalue weighted by molar-refractivity contribution is 0.322. The van der Waals surface area contributed by atoms with Gasteiger partial charge in [0.15, 0.2) is 0 Å². The van der Waals surface area contributed by atoms with Gasteiger partial charge < -0.3 is 10.2 Å². The van der Waals surface area contributed by atoms with Gasteiger partial charge in [0, 0.05) is 35.0 Å². The van der Waals surface area contributed by atoms with E-state index in [4.69, 9.17) is 0 Å². The Kier molecular flexibility index (Phi) is 4.20. The van der Waals surface area contributed by atoms with E-state index in [9.17, 15) is 0 Å². The summed E-state index contributed by atoms with van der Waals surface area (Å²) in [5.74, 6) is 0. The molecule has 0 radical (unpaired) electrons. The van der Waals surface area contributed by atoms with Gasteiger partial charge >= 0.3 is 0 Å². The van der Waals surface area contributed by atoms with Crippen LogP contribution in [0, 0.1) is 0 Å². The highest BCUT2D eigenvalue weighted by Crippen LogP contribution is 2.24. The van der Waals surface area contributed by atoms with Crippen molar-refractivity contribution in [3.8, 4) is 0 Å². The Balaban J connectivity index is 1.60. The number of hydrogen-bond donors (Lipinski definition) is 1. The molecular formula is C11H17BrN2S. The zero-order valence-corrected chi connectivity index (χ0v) is 11.4. The van der Waals surface area contributed by atoms with E-state index in [2.05, 4.69) is 44.6 Å². The third kappa shape index (κ3) is 3.55. The molecule has 2 nitrogen and oxygen atoms in total. The standard InChI is InChI=1S/C11H17BrN2S/c1-14(9-2-3-9)6-5-13-8-11-10(12)4-7-15-11/h4,7,9,13H,2-3,5-6,8H2,1H3. The van der Waals surface area contributed by atoms with Gasteiger partial charge in [0.25, 0.3) is 0 Å². The second-order valence-electron chi connectivity index (χ2n) is 4.08. The van der Waals surface area contributed by atoms with E-state index in [1.807, 2.05) is 0 Å². The van der Waals surface area contributed by atoms with Crippen LogP contribution in [0.2, 0.25) is 0 Å². The summed E-state index contributed by atoms with van der Waals surface area (Å²) in [4.78, 5) is 3.85. The fourth-order valence-corrected chi connectivity index (χ4v) is 3.07. The summed E-state index contributed by atoms with van der Waals surface area (Å²) in [5, 5.41) is 5.60. The molecule has 4 heteroatoms. The highest BCUT2D eigenvalue weighted by Gasteiger charge is 2.25. The van der Waals surface area contributed by atoms with Crippen LogP contribution in [0.25, 0.3) is 0 Å². The molecule has 2 rings (SSSR count). The molecule has 0 atom stereocenters. The molecule has 1 aliphatic carbocycles. The van der Waals surface area contributed by atoms with Gasteiger partial charge in [0.1, 0.15) is 0 Å². The van der Waals surface area contributed by atoms with Crippen molar-refractivity contribution in [3.63, 3.8) is 0 Å². The second-order valence-corrected chi connectivity index (χ2v) is 5.94. The summed E-state index contributed by atoms with van der Waals surface area (Å²) >= 11 is 5.34. The van der Waals surface area contributed by atoms with Gasteiger partial charge in [-0.05, 0) is 47.3 Å². The van der Waals surface area contributed by atoms with Crippen LogP contribution in [0.4, 0.5) is 0 Å². The Bertz CT molecular complexity index is 309. The van der Waals surface area contributed by atoms with Crippen LogP contribution in [0.5, 0.6) is 0 Å². The summed E-state index contributed by atoms with van der Waals surface area (Å²) in [6.45, 7) is 3.22. The van der Waals surface area contributed by atoms with Crippen molar-refractivity contribution >= 4 is 27.3 Å². The molecule has 1 aromatic heterocycles. The summed E-state index contributed by atoms with van der Waals surface area (Å²) in [7, 11) is 2.22. The summed E-state index contributed by atoms with van der Waals surface area (Å²) in [5.41, 5.74) is 0. The van der Waals surface area contributed by atoms with Crippen molar-refractivity contribution in [1.29, 1.82) is 0 Å². The van der Waals surface area contributed by atoms with E-state index in [-0.39, 0.29) is 0 Å². The highest BCUT2D eigenvalue weighted by molar-refractivity contribution is 9.10. The number of thiophene rings is 1. The Labute approximate surface area is 104 Å². The maximum atomic E-state index is 3.54. The molecule has 15 heavy (non-hydrogen) atoms. The zero-order chi connectivity index (χ0) is 10.7. The fraction of sp³-hybridized carbons (Fsp3) is 0.636. The lowest BCUT2D eigenvalue weighted by Crippen LogP contribution is -2.30. The average Bonchev–Trinajstić information content (AvgIpc) is 2.99. The molecule has 0 bridgehead atoms. The number of rotatable bonds is 6. The maximum Gasteiger partial charge on any atom is 0.0327 e. The first kappa shape index (κ1) is 11.6. The van der Waals surface area contributed by atoms with E-state index >= 15 is 0 Å². The van der Waals surface area contributed by atoms with Crippen molar-refractivity contribution in [2.75, 3.05) is 20.1 Å². The molecule has 84 valence electrons. The largest absolute Gasteiger partial charge is 0.311 e. The predicted molar refractivity (Wildman–Crippen MR) is 69.4 cm³/mol. The van der Waals surface area contributed by atoms with Crippen molar-refractivity contribution in [1.82, 2.24) is 10.2 Å². The smallest absolute Gasteiger partial charge is 0.0327 e. The van der Waals surface area contributed by atoms with E-state index in [0.717, 1.165) is 25.7 Å². The number of likely N-dealkylation sites (N-methyl/N-ethyl adjacent to an activating group) is 1. The first-order chi connectivity index (χ1) is 7.27. The quantitative estimate of drug-likeness (QED) is 0.810. The molecule has 1 aromatic rings. The molecule has 1 saturated carbocycles. The number of halogens is 1. The minimum Gasteiger partial charge on any atom is -0.311 e. The molecule has 0 unspecified atom stereocenters. The van der Waals surface area contributed by atoms with Crippen LogP contribution in [-0.2, 0) is 6.54 Å². The molecule has 1 heterocycles. The molecule has 1 fully saturated rings. The van der Waals surface area contributed by atoms with E-state index in [0.29, 0.717) is 0 Å². The topological polar surface area (TPSA) is 15.3 Å². The monoisotopic (exact) mass is 288 g/mol. The Hall–Kier alpha value is 0.100. The van der Waals surface area contributed by atoms with Gasteiger partial charge in [-0.25, -0.2) is 0 Å². The minimum atomic E-state index is 0.875. The SMILES string of the molecule is CN(CCNCc1sccc1Br)C1CC1. The van der Waals surface area contributed by atoms with E-state index in [1.54, 1.807) is 11.3 Å². The summed E-state index contributed by atoms with van der Waals surface area (Å²) < 4.78 is 1.23. The lowest BCUT2D eigenvalue weighted by atomic mass is 10.4. The van der Waals surface area contributed by atoms with Crippen LogP contribution < -0.4 is 5.32 Å². The summed E-state index contributed by atoms with van der Waals surface area (Å²) in [6.07, 6.45) is 2.79. The predicted octanol–water partition coefficient (Wildman–Crippen LogP) is 2.69. The molecule has 0 saturated heterocycles. The molecule has 0 aromatic carbocycles. The number of nitrogens with one attached hydrogen (secondary N) is 1. The third-order valence-electron chi connectivity index (χ3n) is 2.79. The van der Waals surface area contributed by atoms with Gasteiger partial charge in [-0.1, -0.05) is 0 Å². The Morgan fingerprint density at radius 2 is 2.40 bits per heavy atom. The van der Waals surface area contributed by atoms with Crippen molar-refractivity contribution in [2.45, 2.75) is 25.4 Å². The van der Waals surface area contributed by atoms with Crippen molar-refractivity contribution < 1.29 is 0 Å². The van der Waals surface area contributed by atoms with Crippen LogP contribution in [0.15, 0.2) is 15.9 Å². The van der Waals surface area contributed by atoms with E-state index < -0.39 is 0 Å². The van der Waals surface area contributed by atoms with Gasteiger partial charge in [0.2, 0.25) is 0 Å². The minimum absolute atomic E-state index is 0.875. The Morgan fingerprint density at radius 1 is 1.60 bits per heavy atom. The van der Waals surface area contributed by atoms with Crippen LogP contribution in [-0.4, -0.2) is 31.1 Å². The van der Waals surface area contributed by atoms with Crippen LogP contribution in [0.3, 0.4) is 0 Å². The second kappa shape index (κ2) is 5.43. The number of hydrogen-bond acceptors (Lipinski definition) is 3. The molecular weight excluding hydrogens is 272 g/mol. The molecule has 1 N–H and O–H groups in total. The Morgan fingerprint density at radius 3 is 3.00 bits per heavy atom. The third-order valence-corrected chi connectivity index (χ3v) is 4.71. The fourth-order valence-electron chi connectivity index (χ4n) is 1.61. The maximum absolute atomic E-state index is 3.54. The zero-order valence-electron chi connectivity index (χ0n) is 9.00. The molecule has 0 aliphatic heterocycles. The highest BCUT2D eigenvalue weighted by atomic mass is 79.9. The van der Waals surface area contributed by atoms with Crippen LogP contribution in [0.1, 0.15) is 17.7 Å².